The molecule has 1 aromatic carbocycles. The predicted molar refractivity (Wildman–Crippen MR) is 123 cm³/mol. The summed E-state index contributed by atoms with van der Waals surface area (Å²) < 4.78 is 5.40. The van der Waals surface area contributed by atoms with E-state index in [0.29, 0.717) is 17.9 Å². The highest BCUT2D eigenvalue weighted by atomic mass is 16.5. The van der Waals surface area contributed by atoms with Crippen LogP contribution in [0.15, 0.2) is 55.0 Å². The average molecular weight is 418 g/mol. The smallest absolute Gasteiger partial charge is 0.254 e. The molecule has 0 unspecified atom stereocenters. The molecule has 2 aromatic heterocycles. The van der Waals surface area contributed by atoms with Crippen LogP contribution >= 0.6 is 0 Å². The van der Waals surface area contributed by atoms with Gasteiger partial charge in [0.05, 0.1) is 36.3 Å². The molecule has 160 valence electrons. The Bertz CT molecular complexity index is 1030. The van der Waals surface area contributed by atoms with E-state index in [2.05, 4.69) is 25.5 Å². The Morgan fingerprint density at radius 1 is 1.03 bits per heavy atom. The number of ether oxygens (including phenoxy) is 1. The highest BCUT2D eigenvalue weighted by Crippen LogP contribution is 2.34. The largest absolute Gasteiger partial charge is 0.378 e. The van der Waals surface area contributed by atoms with Gasteiger partial charge in [-0.2, -0.15) is 0 Å². The van der Waals surface area contributed by atoms with Gasteiger partial charge in [-0.25, -0.2) is 4.98 Å². The van der Waals surface area contributed by atoms with E-state index < -0.39 is 0 Å². The number of fused-ring (bicyclic) bond motifs is 1. The first kappa shape index (κ1) is 20.8. The molecule has 4 heterocycles. The first-order chi connectivity index (χ1) is 15.3. The zero-order valence-corrected chi connectivity index (χ0v) is 17.9. The van der Waals surface area contributed by atoms with Crippen molar-refractivity contribution in [3.05, 3.63) is 66.1 Å². The molecule has 2 N–H and O–H groups in total. The topological polar surface area (TPSA) is 79.4 Å². The van der Waals surface area contributed by atoms with Crippen LogP contribution < -0.4 is 15.5 Å². The van der Waals surface area contributed by atoms with Gasteiger partial charge >= 0.3 is 0 Å². The molecule has 7 heteroatoms. The fourth-order valence-corrected chi connectivity index (χ4v) is 3.86. The molecule has 31 heavy (non-hydrogen) atoms. The SMILES string of the molecule is CC.O=C1NCc2c(-c3ccncc3)ccc(Nc3ccc(N4CCOCC4)cn3)c21. The first-order valence-corrected chi connectivity index (χ1v) is 10.7. The Morgan fingerprint density at radius 2 is 1.81 bits per heavy atom. The van der Waals surface area contributed by atoms with E-state index in [0.717, 1.165) is 54.4 Å². The minimum absolute atomic E-state index is 0.0663. The number of nitrogens with one attached hydrogen (secondary N) is 2. The molecule has 0 aliphatic carbocycles. The standard InChI is InChI=1S/C22H21N5O2.C2H6/c28-22-21-18(14-25-22)17(15-5-7-23-8-6-15)2-3-19(21)26-20-4-1-16(13-24-20)27-9-11-29-12-10-27;1-2/h1-8,13H,9-12,14H2,(H,24,26)(H,25,28);1-2H3. The summed E-state index contributed by atoms with van der Waals surface area (Å²) in [6.45, 7) is 7.75. The van der Waals surface area contributed by atoms with Crippen molar-refractivity contribution in [3.63, 3.8) is 0 Å². The molecule has 7 nitrogen and oxygen atoms in total. The maximum atomic E-state index is 12.5. The zero-order chi connectivity index (χ0) is 21.6. The number of hydrogen-bond donors (Lipinski definition) is 2. The lowest BCUT2D eigenvalue weighted by molar-refractivity contribution is 0.0966. The van der Waals surface area contributed by atoms with Crippen LogP contribution in [0, 0.1) is 0 Å². The maximum Gasteiger partial charge on any atom is 0.254 e. The number of nitrogens with zero attached hydrogens (tertiary/aromatic N) is 3. The summed E-state index contributed by atoms with van der Waals surface area (Å²) in [4.78, 5) is 23.4. The summed E-state index contributed by atoms with van der Waals surface area (Å²) in [6.07, 6.45) is 5.38. The number of anilines is 3. The number of benzene rings is 1. The molecular weight excluding hydrogens is 390 g/mol. The molecule has 5 rings (SSSR count). The summed E-state index contributed by atoms with van der Waals surface area (Å²) in [5.74, 6) is 0.643. The van der Waals surface area contributed by atoms with E-state index in [-0.39, 0.29) is 5.91 Å². The zero-order valence-electron chi connectivity index (χ0n) is 17.9. The Balaban J connectivity index is 0.00000112. The Kier molecular flexibility index (Phi) is 6.43. The van der Waals surface area contributed by atoms with Crippen molar-refractivity contribution < 1.29 is 9.53 Å². The van der Waals surface area contributed by atoms with E-state index >= 15 is 0 Å². The van der Waals surface area contributed by atoms with Crippen LogP contribution in [0.2, 0.25) is 0 Å². The molecule has 0 spiro atoms. The third kappa shape index (κ3) is 4.36. The average Bonchev–Trinajstić information content (AvgIpc) is 3.24. The van der Waals surface area contributed by atoms with Crippen LogP contribution in [0.3, 0.4) is 0 Å². The van der Waals surface area contributed by atoms with Gasteiger partial charge in [0.15, 0.2) is 0 Å². The number of amides is 1. The first-order valence-electron chi connectivity index (χ1n) is 10.7. The second-order valence-electron chi connectivity index (χ2n) is 7.06. The third-order valence-electron chi connectivity index (χ3n) is 5.34. The number of carbonyl (C=O) groups excluding carboxylic acids is 1. The van der Waals surface area contributed by atoms with E-state index in [1.54, 1.807) is 12.4 Å². The normalized spacial score (nSPS) is 14.9. The highest BCUT2D eigenvalue weighted by molar-refractivity contribution is 6.06. The lowest BCUT2D eigenvalue weighted by Gasteiger charge is -2.28. The summed E-state index contributed by atoms with van der Waals surface area (Å²) in [7, 11) is 0. The fraction of sp³-hybridized carbons (Fsp3) is 0.292. The van der Waals surface area contributed by atoms with Gasteiger partial charge in [-0.05, 0) is 47.0 Å². The van der Waals surface area contributed by atoms with Gasteiger partial charge in [0, 0.05) is 32.0 Å². The van der Waals surface area contributed by atoms with Crippen LogP contribution in [0.5, 0.6) is 0 Å². The van der Waals surface area contributed by atoms with E-state index in [9.17, 15) is 4.79 Å². The molecular formula is C24H27N5O2. The molecule has 0 saturated carbocycles. The number of pyridine rings is 2. The molecule has 0 atom stereocenters. The van der Waals surface area contributed by atoms with Crippen LogP contribution in [0.1, 0.15) is 29.8 Å². The predicted octanol–water partition coefficient (Wildman–Crippen LogP) is 3.99. The summed E-state index contributed by atoms with van der Waals surface area (Å²) in [5.41, 5.74) is 5.61. The second kappa shape index (κ2) is 9.57. The lowest BCUT2D eigenvalue weighted by atomic mass is 9.96. The number of aromatic nitrogens is 2. The van der Waals surface area contributed by atoms with E-state index in [1.807, 2.05) is 56.4 Å². The summed E-state index contributed by atoms with van der Waals surface area (Å²) in [5, 5.41) is 6.26. The lowest BCUT2D eigenvalue weighted by Crippen LogP contribution is -2.36. The highest BCUT2D eigenvalue weighted by Gasteiger charge is 2.26. The minimum Gasteiger partial charge on any atom is -0.378 e. The van der Waals surface area contributed by atoms with Crippen molar-refractivity contribution in [2.24, 2.45) is 0 Å². The molecule has 0 bridgehead atoms. The molecule has 1 saturated heterocycles. The van der Waals surface area contributed by atoms with Crippen LogP contribution in [0.4, 0.5) is 17.2 Å². The van der Waals surface area contributed by atoms with Gasteiger partial charge in [0.1, 0.15) is 5.82 Å². The van der Waals surface area contributed by atoms with Gasteiger partial charge in [0.2, 0.25) is 0 Å². The fourth-order valence-electron chi connectivity index (χ4n) is 3.86. The second-order valence-corrected chi connectivity index (χ2v) is 7.06. The monoisotopic (exact) mass is 417 g/mol. The van der Waals surface area contributed by atoms with Crippen LogP contribution in [-0.2, 0) is 11.3 Å². The molecule has 0 radical (unpaired) electrons. The molecule has 3 aromatic rings. The van der Waals surface area contributed by atoms with Gasteiger partial charge in [-0.1, -0.05) is 19.9 Å². The number of carbonyl (C=O) groups is 1. The van der Waals surface area contributed by atoms with Crippen molar-refractivity contribution in [1.82, 2.24) is 15.3 Å². The molecule has 1 fully saturated rings. The molecule has 2 aliphatic rings. The summed E-state index contributed by atoms with van der Waals surface area (Å²) in [6, 6.07) is 11.9. The van der Waals surface area contributed by atoms with Gasteiger partial charge < -0.3 is 20.3 Å². The minimum atomic E-state index is -0.0663. The third-order valence-corrected chi connectivity index (χ3v) is 5.34. The Labute approximate surface area is 182 Å². The van der Waals surface area contributed by atoms with Crippen molar-refractivity contribution in [2.45, 2.75) is 20.4 Å². The van der Waals surface area contributed by atoms with E-state index in [4.69, 9.17) is 4.74 Å². The Morgan fingerprint density at radius 3 is 2.52 bits per heavy atom. The number of hydrogen-bond acceptors (Lipinski definition) is 6. The Hall–Kier alpha value is -3.45. The quantitative estimate of drug-likeness (QED) is 0.668. The van der Waals surface area contributed by atoms with Crippen molar-refractivity contribution in [3.8, 4) is 11.1 Å². The molecule has 1 amide bonds. The number of rotatable bonds is 4. The van der Waals surface area contributed by atoms with E-state index in [1.165, 1.54) is 0 Å². The van der Waals surface area contributed by atoms with Gasteiger partial charge in [-0.3, -0.25) is 9.78 Å². The number of morpholine rings is 1. The van der Waals surface area contributed by atoms with Crippen molar-refractivity contribution in [2.75, 3.05) is 36.5 Å². The van der Waals surface area contributed by atoms with Gasteiger partial charge in [-0.15, -0.1) is 0 Å². The van der Waals surface area contributed by atoms with Gasteiger partial charge in [0.25, 0.3) is 5.91 Å². The molecule has 2 aliphatic heterocycles. The van der Waals surface area contributed by atoms with Crippen molar-refractivity contribution >= 4 is 23.1 Å². The van der Waals surface area contributed by atoms with Crippen LogP contribution in [-0.4, -0.2) is 42.2 Å². The summed E-state index contributed by atoms with van der Waals surface area (Å²) >= 11 is 0. The van der Waals surface area contributed by atoms with Crippen molar-refractivity contribution in [1.29, 1.82) is 0 Å². The maximum absolute atomic E-state index is 12.5. The van der Waals surface area contributed by atoms with Crippen LogP contribution in [0.25, 0.3) is 11.1 Å².